The molecule has 2 aromatic heterocycles. The van der Waals surface area contributed by atoms with Gasteiger partial charge in [0.25, 0.3) is 0 Å². The average molecular weight is 447 g/mol. The van der Waals surface area contributed by atoms with Crippen LogP contribution >= 0.6 is 0 Å². The van der Waals surface area contributed by atoms with Crippen molar-refractivity contribution in [3.8, 4) is 22.8 Å². The summed E-state index contributed by atoms with van der Waals surface area (Å²) >= 11 is 0. The van der Waals surface area contributed by atoms with E-state index in [4.69, 9.17) is 9.47 Å². The number of aryl methyl sites for hydroxylation is 2. The van der Waals surface area contributed by atoms with Crippen molar-refractivity contribution in [3.63, 3.8) is 0 Å². The molecular weight excluding hydrogens is 420 g/mol. The molecule has 0 atom stereocenters. The molecule has 4 rings (SSSR count). The van der Waals surface area contributed by atoms with E-state index in [-0.39, 0.29) is 5.56 Å². The normalized spacial score (nSPS) is 10.9. The van der Waals surface area contributed by atoms with Crippen LogP contribution < -0.4 is 14.8 Å². The largest absolute Gasteiger partial charge is 0.496 e. The lowest BCUT2D eigenvalue weighted by Gasteiger charge is -2.13. The second kappa shape index (κ2) is 9.20. The summed E-state index contributed by atoms with van der Waals surface area (Å²) in [6, 6.07) is 13.5. The predicted octanol–water partition coefficient (Wildman–Crippen LogP) is 4.54. The Hall–Kier alpha value is -4.07. The van der Waals surface area contributed by atoms with Gasteiger partial charge < -0.3 is 24.5 Å². The number of rotatable bonds is 8. The average Bonchev–Trinajstić information content (AvgIpc) is 3.13. The van der Waals surface area contributed by atoms with Gasteiger partial charge in [-0.25, -0.2) is 14.8 Å². The van der Waals surface area contributed by atoms with Gasteiger partial charge in [-0.2, -0.15) is 0 Å². The lowest BCUT2D eigenvalue weighted by molar-refractivity contribution is 0.0692. The van der Waals surface area contributed by atoms with Crippen LogP contribution in [0.15, 0.2) is 48.8 Å². The Balaban J connectivity index is 1.53. The molecule has 33 heavy (non-hydrogen) atoms. The number of nitrogens with zero attached hydrogens (tertiary/aromatic N) is 3. The molecule has 8 nitrogen and oxygen atoms in total. The van der Waals surface area contributed by atoms with Crippen LogP contribution in [0.3, 0.4) is 0 Å². The Labute approximate surface area is 191 Å². The summed E-state index contributed by atoms with van der Waals surface area (Å²) < 4.78 is 13.0. The van der Waals surface area contributed by atoms with Crippen LogP contribution in [0, 0.1) is 13.8 Å². The topological polar surface area (TPSA) is 98.5 Å². The van der Waals surface area contributed by atoms with Gasteiger partial charge in [0.1, 0.15) is 29.2 Å². The highest BCUT2D eigenvalue weighted by Crippen LogP contribution is 2.30. The maximum absolute atomic E-state index is 11.5. The van der Waals surface area contributed by atoms with Crippen LogP contribution in [0.25, 0.3) is 22.2 Å². The van der Waals surface area contributed by atoms with Crippen LogP contribution in [-0.4, -0.2) is 46.4 Å². The van der Waals surface area contributed by atoms with Crippen molar-refractivity contribution < 1.29 is 19.4 Å². The minimum Gasteiger partial charge on any atom is -0.496 e. The molecule has 2 N–H and O–H groups in total. The summed E-state index contributed by atoms with van der Waals surface area (Å²) in [7, 11) is 3.14. The molecule has 0 aliphatic heterocycles. The number of fused-ring (bicyclic) bond motifs is 1. The van der Waals surface area contributed by atoms with Crippen molar-refractivity contribution in [1.82, 2.24) is 14.5 Å². The Morgan fingerprint density at radius 1 is 1.06 bits per heavy atom. The molecule has 170 valence electrons. The second-order valence-corrected chi connectivity index (χ2v) is 7.72. The number of hydrogen-bond acceptors (Lipinski definition) is 6. The number of aromatic carboxylic acids is 1. The third kappa shape index (κ3) is 4.32. The molecule has 0 aliphatic rings. The summed E-state index contributed by atoms with van der Waals surface area (Å²) in [5.41, 5.74) is 4.48. The molecule has 0 fully saturated rings. The van der Waals surface area contributed by atoms with E-state index in [1.165, 1.54) is 13.4 Å². The third-order valence-corrected chi connectivity index (χ3v) is 5.67. The summed E-state index contributed by atoms with van der Waals surface area (Å²) in [6.45, 7) is 5.24. The summed E-state index contributed by atoms with van der Waals surface area (Å²) in [6.07, 6.45) is 1.49. The van der Waals surface area contributed by atoms with Gasteiger partial charge in [-0.1, -0.05) is 6.07 Å². The minimum atomic E-state index is -1.02. The van der Waals surface area contributed by atoms with Crippen LogP contribution in [0.4, 0.5) is 5.82 Å². The predicted molar refractivity (Wildman–Crippen MR) is 127 cm³/mol. The van der Waals surface area contributed by atoms with Gasteiger partial charge in [0.05, 0.1) is 25.4 Å². The zero-order chi connectivity index (χ0) is 23.5. The van der Waals surface area contributed by atoms with Gasteiger partial charge in [-0.15, -0.1) is 0 Å². The first kappa shape index (κ1) is 22.1. The summed E-state index contributed by atoms with van der Waals surface area (Å²) in [5, 5.41) is 13.9. The van der Waals surface area contributed by atoms with Crippen molar-refractivity contribution >= 4 is 22.7 Å². The van der Waals surface area contributed by atoms with Crippen LogP contribution in [0.5, 0.6) is 11.5 Å². The fourth-order valence-corrected chi connectivity index (χ4v) is 4.11. The van der Waals surface area contributed by atoms with E-state index in [1.54, 1.807) is 26.2 Å². The number of benzene rings is 2. The number of anilines is 1. The molecule has 8 heteroatoms. The molecule has 0 saturated carbocycles. The number of hydrogen-bond donors (Lipinski definition) is 2. The minimum absolute atomic E-state index is 0.152. The van der Waals surface area contributed by atoms with Crippen molar-refractivity contribution in [1.29, 1.82) is 0 Å². The van der Waals surface area contributed by atoms with E-state index in [9.17, 15) is 9.90 Å². The van der Waals surface area contributed by atoms with Crippen molar-refractivity contribution in [2.75, 3.05) is 26.1 Å². The van der Waals surface area contributed by atoms with Gasteiger partial charge in [0.2, 0.25) is 0 Å². The number of ether oxygens (including phenoxy) is 2. The van der Waals surface area contributed by atoms with E-state index in [2.05, 4.69) is 38.9 Å². The third-order valence-electron chi connectivity index (χ3n) is 5.67. The van der Waals surface area contributed by atoms with E-state index < -0.39 is 5.97 Å². The standard InChI is InChI=1S/C25H26N4O4/c1-15-10-17(12-22(33-4)24(15)25(30)31)19-13-23(28-14-27-19)26-8-9-29-16(2)11-18-20(29)6-5-7-21(18)32-3/h5-7,10-14H,8-9H2,1-4H3,(H,30,31)(H,26,27,28). The number of methoxy groups -OCH3 is 2. The van der Waals surface area contributed by atoms with Gasteiger partial charge >= 0.3 is 5.97 Å². The summed E-state index contributed by atoms with van der Waals surface area (Å²) in [5.74, 6) is 0.829. The van der Waals surface area contributed by atoms with Crippen LogP contribution in [-0.2, 0) is 6.54 Å². The second-order valence-electron chi connectivity index (χ2n) is 7.72. The highest BCUT2D eigenvalue weighted by Gasteiger charge is 2.17. The lowest BCUT2D eigenvalue weighted by Crippen LogP contribution is -2.12. The van der Waals surface area contributed by atoms with Crippen LogP contribution in [0.2, 0.25) is 0 Å². The van der Waals surface area contributed by atoms with Crippen molar-refractivity contribution in [3.05, 3.63) is 65.6 Å². The van der Waals surface area contributed by atoms with E-state index in [1.807, 2.05) is 18.2 Å². The first-order chi connectivity index (χ1) is 15.9. The summed E-state index contributed by atoms with van der Waals surface area (Å²) in [4.78, 5) is 20.2. The van der Waals surface area contributed by atoms with E-state index >= 15 is 0 Å². The SMILES string of the molecule is COc1cc(-c2cc(NCCn3c(C)cc4c(OC)cccc43)ncn2)cc(C)c1C(=O)O. The monoisotopic (exact) mass is 446 g/mol. The Morgan fingerprint density at radius 3 is 2.58 bits per heavy atom. The maximum atomic E-state index is 11.5. The highest BCUT2D eigenvalue weighted by atomic mass is 16.5. The molecular formula is C25H26N4O4. The molecule has 0 saturated heterocycles. The number of carbonyl (C=O) groups is 1. The molecule has 0 unspecified atom stereocenters. The number of nitrogens with one attached hydrogen (secondary N) is 1. The zero-order valence-electron chi connectivity index (χ0n) is 19.0. The first-order valence-corrected chi connectivity index (χ1v) is 10.5. The molecule has 2 aromatic carbocycles. The molecule has 0 amide bonds. The molecule has 0 aliphatic carbocycles. The van der Waals surface area contributed by atoms with Gasteiger partial charge in [-0.05, 0) is 49.7 Å². The number of aromatic nitrogens is 3. The van der Waals surface area contributed by atoms with E-state index in [0.717, 1.165) is 34.5 Å². The van der Waals surface area contributed by atoms with Gasteiger partial charge in [0.15, 0.2) is 0 Å². The van der Waals surface area contributed by atoms with Crippen molar-refractivity contribution in [2.24, 2.45) is 0 Å². The lowest BCUT2D eigenvalue weighted by atomic mass is 10.0. The molecule has 0 radical (unpaired) electrons. The zero-order valence-corrected chi connectivity index (χ0v) is 19.0. The first-order valence-electron chi connectivity index (χ1n) is 10.5. The highest BCUT2D eigenvalue weighted by molar-refractivity contribution is 5.93. The molecule has 0 bridgehead atoms. The number of carboxylic acids is 1. The van der Waals surface area contributed by atoms with Gasteiger partial charge in [0, 0.05) is 35.8 Å². The Kier molecular flexibility index (Phi) is 6.17. The Bertz CT molecular complexity index is 1330. The molecule has 2 heterocycles. The van der Waals surface area contributed by atoms with E-state index in [0.29, 0.717) is 29.4 Å². The molecule has 0 spiro atoms. The fourth-order valence-electron chi connectivity index (χ4n) is 4.11. The van der Waals surface area contributed by atoms with Crippen molar-refractivity contribution in [2.45, 2.75) is 20.4 Å². The fraction of sp³-hybridized carbons (Fsp3) is 0.240. The molecule has 4 aromatic rings. The smallest absolute Gasteiger partial charge is 0.339 e. The van der Waals surface area contributed by atoms with Crippen LogP contribution in [0.1, 0.15) is 21.6 Å². The Morgan fingerprint density at radius 2 is 1.85 bits per heavy atom. The number of carboxylic acid groups (broad SMARTS) is 1. The van der Waals surface area contributed by atoms with Gasteiger partial charge in [-0.3, -0.25) is 0 Å². The quantitative estimate of drug-likeness (QED) is 0.410. The maximum Gasteiger partial charge on any atom is 0.339 e.